The number of phenolic OH excluding ortho intramolecular Hbond substituents is 1. The Bertz CT molecular complexity index is 798. The highest BCUT2D eigenvalue weighted by Crippen LogP contribution is 2.18. The minimum Gasteiger partial charge on any atom is -0.508 e. The summed E-state index contributed by atoms with van der Waals surface area (Å²) in [6.45, 7) is 2.61. The molecular formula is C21H23NO2. The fourth-order valence-electron chi connectivity index (χ4n) is 2.92. The molecule has 0 bridgehead atoms. The first-order valence-electron chi connectivity index (χ1n) is 8.30. The van der Waals surface area contributed by atoms with Crippen molar-refractivity contribution in [2.24, 2.45) is 0 Å². The standard InChI is InChI=1S/C21H23NO2/c1-15(22-14-21(24)18-8-10-20(23)11-9-18)12-16-6-7-17-4-2-3-5-19(17)13-16/h2-11,13,15,21-24H,12,14H2,1H3. The number of hydrogen-bond donors (Lipinski definition) is 3. The number of phenols is 1. The molecule has 2 atom stereocenters. The van der Waals surface area contributed by atoms with E-state index in [1.54, 1.807) is 24.3 Å². The lowest BCUT2D eigenvalue weighted by atomic mass is 10.0. The van der Waals surface area contributed by atoms with E-state index in [1.165, 1.54) is 16.3 Å². The summed E-state index contributed by atoms with van der Waals surface area (Å²) in [6.07, 6.45) is 0.331. The van der Waals surface area contributed by atoms with E-state index in [2.05, 4.69) is 54.7 Å². The van der Waals surface area contributed by atoms with E-state index in [9.17, 15) is 10.2 Å². The molecule has 0 radical (unpaired) electrons. The Morgan fingerprint density at radius 3 is 2.38 bits per heavy atom. The van der Waals surface area contributed by atoms with Crippen LogP contribution in [0, 0.1) is 0 Å². The molecule has 2 unspecified atom stereocenters. The summed E-state index contributed by atoms with van der Waals surface area (Å²) in [6, 6.07) is 21.8. The third kappa shape index (κ3) is 4.13. The Kier molecular flexibility index (Phi) is 5.14. The SMILES string of the molecule is CC(Cc1ccc2ccccc2c1)NCC(O)c1ccc(O)cc1. The van der Waals surface area contributed by atoms with Crippen molar-refractivity contribution < 1.29 is 10.2 Å². The number of nitrogens with one attached hydrogen (secondary N) is 1. The van der Waals surface area contributed by atoms with Gasteiger partial charge in [0.05, 0.1) is 6.10 Å². The summed E-state index contributed by atoms with van der Waals surface area (Å²) in [4.78, 5) is 0. The average Bonchev–Trinajstić information content (AvgIpc) is 2.60. The van der Waals surface area contributed by atoms with E-state index in [0.717, 1.165) is 12.0 Å². The first kappa shape index (κ1) is 16.5. The highest BCUT2D eigenvalue weighted by molar-refractivity contribution is 5.82. The number of hydrogen-bond acceptors (Lipinski definition) is 3. The minimum absolute atomic E-state index is 0.212. The summed E-state index contributed by atoms with van der Waals surface area (Å²) >= 11 is 0. The fraction of sp³-hybridized carbons (Fsp3) is 0.238. The van der Waals surface area contributed by atoms with E-state index in [4.69, 9.17) is 0 Å². The Morgan fingerprint density at radius 2 is 1.62 bits per heavy atom. The van der Waals surface area contributed by atoms with Crippen molar-refractivity contribution in [2.75, 3.05) is 6.54 Å². The van der Waals surface area contributed by atoms with Gasteiger partial charge in [-0.15, -0.1) is 0 Å². The average molecular weight is 321 g/mol. The number of aliphatic hydroxyl groups is 1. The van der Waals surface area contributed by atoms with Crippen LogP contribution in [0.15, 0.2) is 66.7 Å². The van der Waals surface area contributed by atoms with Crippen molar-refractivity contribution in [2.45, 2.75) is 25.5 Å². The maximum Gasteiger partial charge on any atom is 0.115 e. The van der Waals surface area contributed by atoms with Crippen molar-refractivity contribution in [3.05, 3.63) is 77.9 Å². The van der Waals surface area contributed by atoms with Crippen molar-refractivity contribution in [1.29, 1.82) is 0 Å². The number of aromatic hydroxyl groups is 1. The molecule has 124 valence electrons. The minimum atomic E-state index is -0.579. The molecular weight excluding hydrogens is 298 g/mol. The van der Waals surface area contributed by atoms with Crippen LogP contribution in [0.5, 0.6) is 5.75 Å². The summed E-state index contributed by atoms with van der Waals surface area (Å²) in [5.74, 6) is 0.212. The van der Waals surface area contributed by atoms with Crippen LogP contribution in [0.3, 0.4) is 0 Å². The molecule has 0 heterocycles. The van der Waals surface area contributed by atoms with Gasteiger partial charge in [0.1, 0.15) is 5.75 Å². The highest BCUT2D eigenvalue weighted by atomic mass is 16.3. The van der Waals surface area contributed by atoms with Gasteiger partial charge in [0, 0.05) is 12.6 Å². The maximum absolute atomic E-state index is 10.2. The van der Waals surface area contributed by atoms with Crippen LogP contribution >= 0.6 is 0 Å². The van der Waals surface area contributed by atoms with Gasteiger partial charge in [0.25, 0.3) is 0 Å². The molecule has 3 aromatic rings. The van der Waals surface area contributed by atoms with Crippen LogP contribution in [0.1, 0.15) is 24.2 Å². The van der Waals surface area contributed by atoms with Crippen LogP contribution < -0.4 is 5.32 Å². The van der Waals surface area contributed by atoms with Gasteiger partial charge in [-0.2, -0.15) is 0 Å². The molecule has 3 aromatic carbocycles. The van der Waals surface area contributed by atoms with Gasteiger partial charge in [0.2, 0.25) is 0 Å². The Hall–Kier alpha value is -2.36. The predicted molar refractivity (Wildman–Crippen MR) is 98.2 cm³/mol. The molecule has 0 spiro atoms. The van der Waals surface area contributed by atoms with Gasteiger partial charge in [-0.05, 0) is 47.4 Å². The molecule has 3 nitrogen and oxygen atoms in total. The first-order chi connectivity index (χ1) is 11.6. The quantitative estimate of drug-likeness (QED) is 0.647. The highest BCUT2D eigenvalue weighted by Gasteiger charge is 2.10. The second kappa shape index (κ2) is 7.47. The largest absolute Gasteiger partial charge is 0.508 e. The van der Waals surface area contributed by atoms with Gasteiger partial charge >= 0.3 is 0 Å². The van der Waals surface area contributed by atoms with Crippen LogP contribution in [0.25, 0.3) is 10.8 Å². The Balaban J connectivity index is 1.56. The van der Waals surface area contributed by atoms with Crippen LogP contribution in [-0.2, 0) is 6.42 Å². The smallest absolute Gasteiger partial charge is 0.115 e. The molecule has 0 saturated heterocycles. The molecule has 3 rings (SSSR count). The van der Waals surface area contributed by atoms with Crippen molar-refractivity contribution in [1.82, 2.24) is 5.32 Å². The predicted octanol–water partition coefficient (Wildman–Crippen LogP) is 3.80. The van der Waals surface area contributed by atoms with Gasteiger partial charge in [-0.3, -0.25) is 0 Å². The molecule has 0 fully saturated rings. The molecule has 0 aliphatic carbocycles. The zero-order valence-corrected chi connectivity index (χ0v) is 13.8. The van der Waals surface area contributed by atoms with Gasteiger partial charge < -0.3 is 15.5 Å². The number of aliphatic hydroxyl groups excluding tert-OH is 1. The molecule has 0 amide bonds. The van der Waals surface area contributed by atoms with E-state index in [0.29, 0.717) is 6.54 Å². The van der Waals surface area contributed by atoms with E-state index in [-0.39, 0.29) is 11.8 Å². The van der Waals surface area contributed by atoms with Crippen LogP contribution in [-0.4, -0.2) is 22.8 Å². The molecule has 0 aliphatic heterocycles. The summed E-state index contributed by atoms with van der Waals surface area (Å²) < 4.78 is 0. The Labute approximate surface area is 142 Å². The van der Waals surface area contributed by atoms with Crippen molar-refractivity contribution in [3.63, 3.8) is 0 Å². The zero-order chi connectivity index (χ0) is 16.9. The zero-order valence-electron chi connectivity index (χ0n) is 13.8. The third-order valence-electron chi connectivity index (χ3n) is 4.29. The molecule has 0 aromatic heterocycles. The maximum atomic E-state index is 10.2. The van der Waals surface area contributed by atoms with Gasteiger partial charge in [0.15, 0.2) is 0 Å². The monoisotopic (exact) mass is 321 g/mol. The topological polar surface area (TPSA) is 52.5 Å². The summed E-state index contributed by atoms with van der Waals surface area (Å²) in [5, 5.41) is 25.4. The lowest BCUT2D eigenvalue weighted by Gasteiger charge is -2.18. The lowest BCUT2D eigenvalue weighted by Crippen LogP contribution is -2.32. The second-order valence-corrected chi connectivity index (χ2v) is 6.30. The lowest BCUT2D eigenvalue weighted by molar-refractivity contribution is 0.170. The fourth-order valence-corrected chi connectivity index (χ4v) is 2.92. The van der Waals surface area contributed by atoms with E-state index < -0.39 is 6.10 Å². The molecule has 0 saturated carbocycles. The molecule has 3 heteroatoms. The Morgan fingerprint density at radius 1 is 0.917 bits per heavy atom. The number of benzene rings is 3. The summed E-state index contributed by atoms with van der Waals surface area (Å²) in [5.41, 5.74) is 2.09. The van der Waals surface area contributed by atoms with Gasteiger partial charge in [-0.1, -0.05) is 54.6 Å². The first-order valence-corrected chi connectivity index (χ1v) is 8.30. The van der Waals surface area contributed by atoms with Crippen molar-refractivity contribution >= 4 is 10.8 Å². The number of rotatable bonds is 6. The van der Waals surface area contributed by atoms with Crippen LogP contribution in [0.2, 0.25) is 0 Å². The number of fused-ring (bicyclic) bond motifs is 1. The van der Waals surface area contributed by atoms with Gasteiger partial charge in [-0.25, -0.2) is 0 Å². The van der Waals surface area contributed by atoms with E-state index in [1.807, 2.05) is 0 Å². The normalized spacial score (nSPS) is 13.8. The molecule has 24 heavy (non-hydrogen) atoms. The summed E-state index contributed by atoms with van der Waals surface area (Å²) in [7, 11) is 0. The van der Waals surface area contributed by atoms with Crippen LogP contribution in [0.4, 0.5) is 0 Å². The second-order valence-electron chi connectivity index (χ2n) is 6.30. The molecule has 0 aliphatic rings. The molecule has 3 N–H and O–H groups in total. The third-order valence-corrected chi connectivity index (χ3v) is 4.29. The van der Waals surface area contributed by atoms with Crippen molar-refractivity contribution in [3.8, 4) is 5.75 Å². The van der Waals surface area contributed by atoms with E-state index >= 15 is 0 Å².